The van der Waals surface area contributed by atoms with Gasteiger partial charge in [0, 0.05) is 4.92 Å². The molecule has 0 aliphatic heterocycles. The minimum atomic E-state index is -4.09. The normalized spacial score (nSPS) is 14.3. The molecule has 2 aromatic rings. The zero-order valence-corrected chi connectivity index (χ0v) is 13.2. The largest absolute Gasteiger partial charge is 0.330 e. The number of halogens is 1. The smallest absolute Gasteiger partial charge is 0.263 e. The highest BCUT2D eigenvalue weighted by Crippen LogP contribution is 2.33. The molecule has 21 heavy (non-hydrogen) atoms. The number of nitro groups is 1. The van der Waals surface area contributed by atoms with Gasteiger partial charge < -0.3 is 0 Å². The Morgan fingerprint density at radius 1 is 0.952 bits per heavy atom. The van der Waals surface area contributed by atoms with Crippen LogP contribution >= 0.6 is 15.9 Å². The van der Waals surface area contributed by atoms with E-state index < -0.39 is 25.0 Å². The standard InChI is InChI=1S/C14H12BrNO4S/c15-13(11-7-3-1-4-8-11)14(16(17)18)21(19,20)12-9-5-2-6-10-12/h1-10,13-14H. The second-order valence-electron chi connectivity index (χ2n) is 4.35. The Balaban J connectivity index is 2.47. The van der Waals surface area contributed by atoms with Crippen LogP contribution in [0.4, 0.5) is 0 Å². The van der Waals surface area contributed by atoms with Crippen LogP contribution in [0.5, 0.6) is 0 Å². The number of alkyl halides is 1. The lowest BCUT2D eigenvalue weighted by molar-refractivity contribution is -0.497. The third-order valence-electron chi connectivity index (χ3n) is 2.97. The number of hydrogen-bond donors (Lipinski definition) is 0. The van der Waals surface area contributed by atoms with Crippen molar-refractivity contribution in [1.82, 2.24) is 0 Å². The summed E-state index contributed by atoms with van der Waals surface area (Å²) in [6.07, 6.45) is 0. The van der Waals surface area contributed by atoms with Crippen molar-refractivity contribution in [3.8, 4) is 0 Å². The Bertz CT molecular complexity index is 719. The van der Waals surface area contributed by atoms with Crippen LogP contribution in [0.1, 0.15) is 10.4 Å². The van der Waals surface area contributed by atoms with Crippen LogP contribution in [0, 0.1) is 10.1 Å². The van der Waals surface area contributed by atoms with E-state index in [4.69, 9.17) is 0 Å². The topological polar surface area (TPSA) is 77.3 Å². The van der Waals surface area contributed by atoms with Gasteiger partial charge in [0.2, 0.25) is 9.84 Å². The number of rotatable bonds is 5. The van der Waals surface area contributed by atoms with Gasteiger partial charge in [0.15, 0.2) is 0 Å². The molecule has 0 aliphatic rings. The zero-order valence-electron chi connectivity index (χ0n) is 10.8. The molecule has 2 unspecified atom stereocenters. The van der Waals surface area contributed by atoms with Crippen molar-refractivity contribution in [2.24, 2.45) is 0 Å². The van der Waals surface area contributed by atoms with E-state index in [1.165, 1.54) is 24.3 Å². The molecule has 0 N–H and O–H groups in total. The van der Waals surface area contributed by atoms with Crippen molar-refractivity contribution in [3.63, 3.8) is 0 Å². The Morgan fingerprint density at radius 2 is 1.43 bits per heavy atom. The van der Waals surface area contributed by atoms with Crippen molar-refractivity contribution in [2.45, 2.75) is 15.1 Å². The third kappa shape index (κ3) is 3.30. The van der Waals surface area contributed by atoms with Crippen LogP contribution in [0.3, 0.4) is 0 Å². The molecule has 2 rings (SSSR count). The average Bonchev–Trinajstić information content (AvgIpc) is 2.48. The molecule has 110 valence electrons. The van der Waals surface area contributed by atoms with Gasteiger partial charge in [0.05, 0.1) is 4.90 Å². The van der Waals surface area contributed by atoms with Crippen LogP contribution in [0.2, 0.25) is 0 Å². The molecule has 7 heteroatoms. The zero-order chi connectivity index (χ0) is 15.5. The van der Waals surface area contributed by atoms with Crippen molar-refractivity contribution < 1.29 is 13.3 Å². The van der Waals surface area contributed by atoms with Gasteiger partial charge in [-0.25, -0.2) is 8.42 Å². The molecular weight excluding hydrogens is 358 g/mol. The Labute approximate surface area is 130 Å². The quantitative estimate of drug-likeness (QED) is 0.460. The number of sulfone groups is 1. The highest BCUT2D eigenvalue weighted by molar-refractivity contribution is 9.09. The molecule has 0 saturated heterocycles. The first kappa shape index (κ1) is 15.7. The van der Waals surface area contributed by atoms with E-state index in [0.717, 1.165) is 0 Å². The summed E-state index contributed by atoms with van der Waals surface area (Å²) in [6.45, 7) is 0. The van der Waals surface area contributed by atoms with Crippen LogP contribution in [-0.4, -0.2) is 18.7 Å². The van der Waals surface area contributed by atoms with Crippen LogP contribution in [-0.2, 0) is 9.84 Å². The van der Waals surface area contributed by atoms with Crippen LogP contribution in [0.25, 0.3) is 0 Å². The first-order valence-corrected chi connectivity index (χ1v) is 8.52. The fraction of sp³-hybridized carbons (Fsp3) is 0.143. The highest BCUT2D eigenvalue weighted by atomic mass is 79.9. The Hall–Kier alpha value is -1.73. The molecular formula is C14H12BrNO4S. The molecule has 5 nitrogen and oxygen atoms in total. The number of hydrogen-bond acceptors (Lipinski definition) is 4. The van der Waals surface area contributed by atoms with Gasteiger partial charge in [0.25, 0.3) is 0 Å². The van der Waals surface area contributed by atoms with E-state index in [-0.39, 0.29) is 4.90 Å². The second-order valence-corrected chi connectivity index (χ2v) is 7.38. The number of benzene rings is 2. The van der Waals surface area contributed by atoms with Crippen molar-refractivity contribution in [2.75, 3.05) is 0 Å². The molecule has 0 radical (unpaired) electrons. The van der Waals surface area contributed by atoms with Crippen LogP contribution < -0.4 is 0 Å². The summed E-state index contributed by atoms with van der Waals surface area (Å²) in [5.74, 6) is 0. The minimum Gasteiger partial charge on any atom is -0.263 e. The van der Waals surface area contributed by atoms with Gasteiger partial charge in [-0.3, -0.25) is 10.1 Å². The lowest BCUT2D eigenvalue weighted by Gasteiger charge is -2.16. The maximum Gasteiger partial charge on any atom is 0.330 e. The molecule has 2 aromatic carbocycles. The van der Waals surface area contributed by atoms with Crippen molar-refractivity contribution in [1.29, 1.82) is 0 Å². The van der Waals surface area contributed by atoms with Crippen LogP contribution in [0.15, 0.2) is 65.6 Å². The molecule has 0 amide bonds. The summed E-state index contributed by atoms with van der Waals surface area (Å²) in [5.41, 5.74) is 0.540. The van der Waals surface area contributed by atoms with E-state index in [9.17, 15) is 18.5 Å². The Morgan fingerprint density at radius 3 is 1.90 bits per heavy atom. The molecule has 2 atom stereocenters. The van der Waals surface area contributed by atoms with E-state index in [2.05, 4.69) is 15.9 Å². The fourth-order valence-electron chi connectivity index (χ4n) is 1.93. The van der Waals surface area contributed by atoms with E-state index in [1.54, 1.807) is 36.4 Å². The SMILES string of the molecule is O=[N+]([O-])C(C(Br)c1ccccc1)S(=O)(=O)c1ccccc1. The predicted molar refractivity (Wildman–Crippen MR) is 82.5 cm³/mol. The molecule has 0 fully saturated rings. The van der Waals surface area contributed by atoms with Crippen molar-refractivity contribution >= 4 is 25.8 Å². The molecule has 0 saturated carbocycles. The summed E-state index contributed by atoms with van der Waals surface area (Å²) >= 11 is 3.17. The van der Waals surface area contributed by atoms with Gasteiger partial charge in [-0.2, -0.15) is 0 Å². The average molecular weight is 370 g/mol. The van der Waals surface area contributed by atoms with E-state index in [1.807, 2.05) is 0 Å². The molecule has 0 aromatic heterocycles. The Kier molecular flexibility index (Phi) is 4.74. The minimum absolute atomic E-state index is 0.0629. The van der Waals surface area contributed by atoms with E-state index in [0.29, 0.717) is 5.56 Å². The molecule has 0 aliphatic carbocycles. The maximum absolute atomic E-state index is 12.5. The first-order chi connectivity index (χ1) is 9.94. The third-order valence-corrected chi connectivity index (χ3v) is 6.35. The summed E-state index contributed by atoms with van der Waals surface area (Å²) in [5, 5.41) is 9.54. The first-order valence-electron chi connectivity index (χ1n) is 6.06. The molecule has 0 spiro atoms. The van der Waals surface area contributed by atoms with Crippen molar-refractivity contribution in [3.05, 3.63) is 76.3 Å². The monoisotopic (exact) mass is 369 g/mol. The predicted octanol–water partition coefficient (Wildman–Crippen LogP) is 3.20. The van der Waals surface area contributed by atoms with E-state index >= 15 is 0 Å². The van der Waals surface area contributed by atoms with Gasteiger partial charge in [-0.1, -0.05) is 64.5 Å². The van der Waals surface area contributed by atoms with Gasteiger partial charge >= 0.3 is 5.37 Å². The van der Waals surface area contributed by atoms with Gasteiger partial charge in [-0.05, 0) is 17.7 Å². The fourth-order valence-corrected chi connectivity index (χ4v) is 4.79. The van der Waals surface area contributed by atoms with Gasteiger partial charge in [-0.15, -0.1) is 0 Å². The number of nitrogens with zero attached hydrogens (tertiary/aromatic N) is 1. The maximum atomic E-state index is 12.5. The lowest BCUT2D eigenvalue weighted by atomic mass is 10.1. The summed E-state index contributed by atoms with van der Waals surface area (Å²) < 4.78 is 25.0. The molecule has 0 bridgehead atoms. The summed E-state index contributed by atoms with van der Waals surface area (Å²) in [7, 11) is -4.09. The second kappa shape index (κ2) is 6.36. The summed E-state index contributed by atoms with van der Waals surface area (Å²) in [4.78, 5) is 9.57. The van der Waals surface area contributed by atoms with Gasteiger partial charge in [0.1, 0.15) is 4.83 Å². The highest BCUT2D eigenvalue weighted by Gasteiger charge is 2.44. The lowest BCUT2D eigenvalue weighted by Crippen LogP contribution is -2.33. The molecule has 0 heterocycles. The summed E-state index contributed by atoms with van der Waals surface area (Å²) in [6, 6.07) is 15.9.